The van der Waals surface area contributed by atoms with E-state index in [4.69, 9.17) is 4.74 Å². The van der Waals surface area contributed by atoms with Gasteiger partial charge in [-0.2, -0.15) is 5.26 Å². The highest BCUT2D eigenvalue weighted by Gasteiger charge is 2.12. The maximum absolute atomic E-state index is 12.3. The monoisotopic (exact) mass is 344 g/mol. The zero-order valence-corrected chi connectivity index (χ0v) is 15.6. The lowest BCUT2D eigenvalue weighted by atomic mass is 10.2. The number of nitrogens with zero attached hydrogens (tertiary/aromatic N) is 2. The number of ether oxygens (including phenoxy) is 1. The van der Waals surface area contributed by atoms with Crippen molar-refractivity contribution in [2.75, 3.05) is 38.6 Å². The van der Waals surface area contributed by atoms with Crippen LogP contribution in [0.5, 0.6) is 5.75 Å². The van der Waals surface area contributed by atoms with E-state index in [9.17, 15) is 10.1 Å². The summed E-state index contributed by atoms with van der Waals surface area (Å²) in [5.41, 5.74) is 1.58. The van der Waals surface area contributed by atoms with E-state index < -0.39 is 5.91 Å². The number of benzene rings is 1. The molecule has 0 bridgehead atoms. The molecule has 0 aliphatic heterocycles. The van der Waals surface area contributed by atoms with Gasteiger partial charge in [-0.1, -0.05) is 19.9 Å². The van der Waals surface area contributed by atoms with Crippen LogP contribution in [0.4, 0.5) is 5.69 Å². The van der Waals surface area contributed by atoms with Crippen LogP contribution in [0.1, 0.15) is 25.8 Å². The topological polar surface area (TPSA) is 77.4 Å². The number of aryl methyl sites for hydroxylation is 1. The van der Waals surface area contributed by atoms with Gasteiger partial charge >= 0.3 is 0 Å². The summed E-state index contributed by atoms with van der Waals surface area (Å²) in [5.74, 6) is 0.103. The number of anilines is 1. The Morgan fingerprint density at radius 2 is 2.08 bits per heavy atom. The van der Waals surface area contributed by atoms with Crippen molar-refractivity contribution in [2.45, 2.75) is 27.2 Å². The summed E-state index contributed by atoms with van der Waals surface area (Å²) in [7, 11) is 1.54. The molecule has 0 aromatic heterocycles. The summed E-state index contributed by atoms with van der Waals surface area (Å²) < 4.78 is 5.23. The van der Waals surface area contributed by atoms with Crippen LogP contribution in [0.25, 0.3) is 0 Å². The van der Waals surface area contributed by atoms with Crippen LogP contribution in [-0.2, 0) is 4.79 Å². The molecule has 0 saturated heterocycles. The van der Waals surface area contributed by atoms with E-state index in [2.05, 4.69) is 29.4 Å². The van der Waals surface area contributed by atoms with E-state index in [1.165, 1.54) is 6.20 Å². The van der Waals surface area contributed by atoms with Crippen molar-refractivity contribution in [2.24, 2.45) is 0 Å². The molecular formula is C19H28N4O2. The molecule has 0 heterocycles. The molecule has 0 aliphatic carbocycles. The second-order valence-corrected chi connectivity index (χ2v) is 5.66. The van der Waals surface area contributed by atoms with Gasteiger partial charge in [-0.25, -0.2) is 0 Å². The van der Waals surface area contributed by atoms with Gasteiger partial charge < -0.3 is 20.3 Å². The fourth-order valence-corrected chi connectivity index (χ4v) is 2.38. The van der Waals surface area contributed by atoms with Crippen molar-refractivity contribution in [1.29, 1.82) is 5.26 Å². The molecule has 0 spiro atoms. The normalized spacial score (nSPS) is 11.1. The molecule has 0 atom stereocenters. The first kappa shape index (κ1) is 20.5. The van der Waals surface area contributed by atoms with Crippen LogP contribution < -0.4 is 15.4 Å². The van der Waals surface area contributed by atoms with Crippen molar-refractivity contribution in [1.82, 2.24) is 10.2 Å². The SMILES string of the molecule is CCN(CC)CCCN/C=C(/C#N)C(=O)Nc1cc(C)ccc1OC. The minimum Gasteiger partial charge on any atom is -0.495 e. The molecule has 1 rings (SSSR count). The first-order valence-corrected chi connectivity index (χ1v) is 8.57. The second-order valence-electron chi connectivity index (χ2n) is 5.66. The summed E-state index contributed by atoms with van der Waals surface area (Å²) in [6.07, 6.45) is 2.42. The molecule has 0 unspecified atom stereocenters. The molecule has 1 aromatic carbocycles. The van der Waals surface area contributed by atoms with Crippen LogP contribution in [0.15, 0.2) is 30.0 Å². The van der Waals surface area contributed by atoms with Crippen LogP contribution in [0.3, 0.4) is 0 Å². The van der Waals surface area contributed by atoms with E-state index in [0.717, 1.165) is 31.6 Å². The van der Waals surface area contributed by atoms with Crippen molar-refractivity contribution in [3.8, 4) is 11.8 Å². The first-order chi connectivity index (χ1) is 12.0. The number of methoxy groups -OCH3 is 1. The average molecular weight is 344 g/mol. The van der Waals surface area contributed by atoms with E-state index in [1.54, 1.807) is 13.2 Å². The van der Waals surface area contributed by atoms with Gasteiger partial charge in [0.1, 0.15) is 17.4 Å². The molecule has 0 fully saturated rings. The Morgan fingerprint density at radius 1 is 1.36 bits per heavy atom. The van der Waals surface area contributed by atoms with Crippen molar-refractivity contribution in [3.63, 3.8) is 0 Å². The summed E-state index contributed by atoms with van der Waals surface area (Å²) in [6, 6.07) is 7.42. The lowest BCUT2D eigenvalue weighted by Crippen LogP contribution is -2.26. The Kier molecular flexibility index (Phi) is 9.12. The van der Waals surface area contributed by atoms with Crippen molar-refractivity contribution in [3.05, 3.63) is 35.5 Å². The van der Waals surface area contributed by atoms with Crippen LogP contribution in [-0.4, -0.2) is 44.1 Å². The summed E-state index contributed by atoms with van der Waals surface area (Å²) in [4.78, 5) is 14.6. The second kappa shape index (κ2) is 11.1. The van der Waals surface area contributed by atoms with E-state index in [1.807, 2.05) is 25.1 Å². The zero-order chi connectivity index (χ0) is 18.7. The Balaban J connectivity index is 2.60. The summed E-state index contributed by atoms with van der Waals surface area (Å²) in [6.45, 7) is 9.94. The molecule has 25 heavy (non-hydrogen) atoms. The van der Waals surface area contributed by atoms with Gasteiger partial charge in [-0.3, -0.25) is 4.79 Å². The van der Waals surface area contributed by atoms with Gasteiger partial charge in [0.05, 0.1) is 12.8 Å². The Labute approximate surface area is 150 Å². The number of nitriles is 1. The third kappa shape index (κ3) is 6.86. The fourth-order valence-electron chi connectivity index (χ4n) is 2.38. The lowest BCUT2D eigenvalue weighted by Gasteiger charge is -2.17. The maximum atomic E-state index is 12.3. The molecule has 136 valence electrons. The van der Waals surface area contributed by atoms with Crippen molar-refractivity contribution >= 4 is 11.6 Å². The molecule has 0 aliphatic rings. The summed E-state index contributed by atoms with van der Waals surface area (Å²) >= 11 is 0. The Morgan fingerprint density at radius 3 is 2.68 bits per heavy atom. The number of amides is 1. The third-order valence-electron chi connectivity index (χ3n) is 3.90. The van der Waals surface area contributed by atoms with Crippen LogP contribution in [0, 0.1) is 18.3 Å². The lowest BCUT2D eigenvalue weighted by molar-refractivity contribution is -0.112. The molecule has 0 radical (unpaired) electrons. The molecule has 6 heteroatoms. The number of hydrogen-bond acceptors (Lipinski definition) is 5. The molecule has 2 N–H and O–H groups in total. The fraction of sp³-hybridized carbons (Fsp3) is 0.474. The van der Waals surface area contributed by atoms with Gasteiger partial charge in [0, 0.05) is 12.7 Å². The van der Waals surface area contributed by atoms with Crippen LogP contribution in [0.2, 0.25) is 0 Å². The highest BCUT2D eigenvalue weighted by Crippen LogP contribution is 2.25. The maximum Gasteiger partial charge on any atom is 0.267 e. The predicted molar refractivity (Wildman–Crippen MR) is 100 cm³/mol. The number of carbonyl (C=O) groups is 1. The zero-order valence-electron chi connectivity index (χ0n) is 15.6. The minimum atomic E-state index is -0.456. The first-order valence-electron chi connectivity index (χ1n) is 8.57. The van der Waals surface area contributed by atoms with Gasteiger partial charge in [0.15, 0.2) is 0 Å². The average Bonchev–Trinajstić information content (AvgIpc) is 2.61. The highest BCUT2D eigenvalue weighted by molar-refractivity contribution is 6.07. The number of carbonyl (C=O) groups excluding carboxylic acids is 1. The predicted octanol–water partition coefficient (Wildman–Crippen LogP) is 2.67. The van der Waals surface area contributed by atoms with Crippen LogP contribution >= 0.6 is 0 Å². The number of rotatable bonds is 10. The summed E-state index contributed by atoms with van der Waals surface area (Å²) in [5, 5.41) is 15.0. The standard InChI is InChI=1S/C19H28N4O2/c1-5-23(6-2)11-7-10-21-14-16(13-20)19(24)22-17-12-15(3)8-9-18(17)25-4/h8-9,12,14,21H,5-7,10-11H2,1-4H3,(H,22,24)/b16-14-. The highest BCUT2D eigenvalue weighted by atomic mass is 16.5. The Hall–Kier alpha value is -2.52. The quantitative estimate of drug-likeness (QED) is 0.388. The van der Waals surface area contributed by atoms with Gasteiger partial charge in [-0.05, 0) is 50.7 Å². The van der Waals surface area contributed by atoms with Crippen molar-refractivity contribution < 1.29 is 9.53 Å². The van der Waals surface area contributed by atoms with E-state index >= 15 is 0 Å². The molecule has 1 amide bonds. The molecule has 1 aromatic rings. The third-order valence-corrected chi connectivity index (χ3v) is 3.90. The van der Waals surface area contributed by atoms with Gasteiger partial charge in [-0.15, -0.1) is 0 Å². The van der Waals surface area contributed by atoms with Gasteiger partial charge in [0.2, 0.25) is 0 Å². The van der Waals surface area contributed by atoms with E-state index in [-0.39, 0.29) is 5.57 Å². The smallest absolute Gasteiger partial charge is 0.267 e. The number of nitrogens with one attached hydrogen (secondary N) is 2. The molecule has 6 nitrogen and oxygen atoms in total. The largest absolute Gasteiger partial charge is 0.495 e. The number of hydrogen-bond donors (Lipinski definition) is 2. The van der Waals surface area contributed by atoms with Gasteiger partial charge in [0.25, 0.3) is 5.91 Å². The minimum absolute atomic E-state index is 0.0337. The Bertz CT molecular complexity index is 631. The van der Waals surface area contributed by atoms with E-state index in [0.29, 0.717) is 18.0 Å². The molecule has 0 saturated carbocycles. The molecular weight excluding hydrogens is 316 g/mol.